The molecule has 0 fully saturated rings. The Morgan fingerprint density at radius 2 is 1.90 bits per heavy atom. The molecule has 0 saturated heterocycles. The Balaban J connectivity index is 2.12. The molecule has 0 radical (unpaired) electrons. The summed E-state index contributed by atoms with van der Waals surface area (Å²) in [5.41, 5.74) is 8.83. The molecule has 0 aromatic heterocycles. The molecule has 0 aliphatic heterocycles. The van der Waals surface area contributed by atoms with Crippen LogP contribution in [0.5, 0.6) is 5.75 Å². The van der Waals surface area contributed by atoms with Crippen molar-refractivity contribution in [1.82, 2.24) is 5.32 Å². The molecular formula is C17H20N2O2. The lowest BCUT2D eigenvalue weighted by molar-refractivity contribution is 0.0937. The first-order valence-electron chi connectivity index (χ1n) is 6.90. The van der Waals surface area contributed by atoms with Crippen molar-refractivity contribution in [3.05, 3.63) is 64.7 Å². The van der Waals surface area contributed by atoms with Crippen molar-refractivity contribution in [2.75, 3.05) is 0 Å². The van der Waals surface area contributed by atoms with Crippen molar-refractivity contribution < 1.29 is 9.90 Å². The summed E-state index contributed by atoms with van der Waals surface area (Å²) in [4.78, 5) is 12.2. The number of nitrogens with one attached hydrogen (secondary N) is 1. The van der Waals surface area contributed by atoms with Gasteiger partial charge in [0.05, 0.1) is 11.6 Å². The van der Waals surface area contributed by atoms with Crippen LogP contribution in [0, 0.1) is 6.92 Å². The van der Waals surface area contributed by atoms with Gasteiger partial charge in [-0.2, -0.15) is 0 Å². The Morgan fingerprint density at radius 1 is 1.24 bits per heavy atom. The van der Waals surface area contributed by atoms with Crippen LogP contribution in [0.15, 0.2) is 42.5 Å². The van der Waals surface area contributed by atoms with E-state index in [1.807, 2.05) is 38.1 Å². The van der Waals surface area contributed by atoms with Gasteiger partial charge in [-0.3, -0.25) is 4.79 Å². The van der Waals surface area contributed by atoms with Gasteiger partial charge in [0, 0.05) is 6.54 Å². The molecule has 0 bridgehead atoms. The van der Waals surface area contributed by atoms with E-state index in [1.165, 1.54) is 6.07 Å². The van der Waals surface area contributed by atoms with Gasteiger partial charge in [-0.05, 0) is 37.1 Å². The predicted molar refractivity (Wildman–Crippen MR) is 83.1 cm³/mol. The minimum Gasteiger partial charge on any atom is -0.507 e. The van der Waals surface area contributed by atoms with E-state index >= 15 is 0 Å². The average molecular weight is 284 g/mol. The zero-order valence-electron chi connectivity index (χ0n) is 12.3. The molecule has 4 N–H and O–H groups in total. The summed E-state index contributed by atoms with van der Waals surface area (Å²) in [5.74, 6) is -0.296. The zero-order valence-corrected chi connectivity index (χ0v) is 12.3. The lowest BCUT2D eigenvalue weighted by Crippen LogP contribution is -2.26. The number of aromatic hydroxyl groups is 1. The van der Waals surface area contributed by atoms with Crippen molar-refractivity contribution in [1.29, 1.82) is 0 Å². The summed E-state index contributed by atoms with van der Waals surface area (Å²) in [6, 6.07) is 12.6. The molecule has 0 aliphatic carbocycles. The number of carbonyl (C=O) groups excluding carboxylic acids is 1. The van der Waals surface area contributed by atoms with E-state index in [-0.39, 0.29) is 17.7 Å². The molecule has 2 rings (SSSR count). The van der Waals surface area contributed by atoms with E-state index in [0.29, 0.717) is 12.1 Å². The van der Waals surface area contributed by atoms with E-state index in [0.717, 1.165) is 16.7 Å². The summed E-state index contributed by atoms with van der Waals surface area (Å²) in [7, 11) is 0. The van der Waals surface area contributed by atoms with Crippen LogP contribution in [0.4, 0.5) is 0 Å². The Hall–Kier alpha value is -2.33. The molecule has 4 heteroatoms. The minimum absolute atomic E-state index is 0.0104. The van der Waals surface area contributed by atoms with E-state index in [9.17, 15) is 9.90 Å². The minimum atomic E-state index is -0.286. The standard InChI is InChI=1S/C17H20N2O2/c1-11-3-8-16(20)15(9-11)17(21)19-12(2)14-6-4-13(10-18)5-7-14/h3-9,12,20H,10,18H2,1-2H3,(H,19,21). The Bertz CT molecular complexity index is 636. The van der Waals surface area contributed by atoms with Gasteiger partial charge >= 0.3 is 0 Å². The average Bonchev–Trinajstić information content (AvgIpc) is 2.49. The van der Waals surface area contributed by atoms with Gasteiger partial charge in [-0.1, -0.05) is 35.9 Å². The molecule has 0 spiro atoms. The van der Waals surface area contributed by atoms with Gasteiger partial charge < -0.3 is 16.2 Å². The summed E-state index contributed by atoms with van der Waals surface area (Å²) in [6.07, 6.45) is 0. The van der Waals surface area contributed by atoms with Crippen LogP contribution in [0.3, 0.4) is 0 Å². The molecular weight excluding hydrogens is 264 g/mol. The summed E-state index contributed by atoms with van der Waals surface area (Å²) in [6.45, 7) is 4.28. The molecule has 4 nitrogen and oxygen atoms in total. The molecule has 1 amide bonds. The molecule has 110 valence electrons. The van der Waals surface area contributed by atoms with Crippen molar-refractivity contribution in [2.24, 2.45) is 5.73 Å². The lowest BCUT2D eigenvalue weighted by Gasteiger charge is -2.15. The third-order valence-electron chi connectivity index (χ3n) is 3.46. The van der Waals surface area contributed by atoms with Crippen LogP contribution in [0.25, 0.3) is 0 Å². The molecule has 0 saturated carbocycles. The zero-order chi connectivity index (χ0) is 15.4. The fourth-order valence-electron chi connectivity index (χ4n) is 2.13. The van der Waals surface area contributed by atoms with Crippen LogP contribution in [0.1, 0.15) is 40.0 Å². The number of hydrogen-bond donors (Lipinski definition) is 3. The van der Waals surface area contributed by atoms with E-state index in [2.05, 4.69) is 5.32 Å². The molecule has 2 aromatic carbocycles. The van der Waals surface area contributed by atoms with Gasteiger partial charge in [0.25, 0.3) is 5.91 Å². The SMILES string of the molecule is Cc1ccc(O)c(C(=O)NC(C)c2ccc(CN)cc2)c1. The third-order valence-corrected chi connectivity index (χ3v) is 3.46. The maximum absolute atomic E-state index is 12.2. The van der Waals surface area contributed by atoms with E-state index in [4.69, 9.17) is 5.73 Å². The first-order valence-corrected chi connectivity index (χ1v) is 6.90. The number of carbonyl (C=O) groups is 1. The number of phenols is 1. The fourth-order valence-corrected chi connectivity index (χ4v) is 2.13. The smallest absolute Gasteiger partial charge is 0.255 e. The van der Waals surface area contributed by atoms with Gasteiger partial charge in [0.1, 0.15) is 5.75 Å². The predicted octanol–water partition coefficient (Wildman–Crippen LogP) is 2.65. The van der Waals surface area contributed by atoms with E-state index in [1.54, 1.807) is 12.1 Å². The number of benzene rings is 2. The highest BCUT2D eigenvalue weighted by molar-refractivity contribution is 5.97. The quantitative estimate of drug-likeness (QED) is 0.808. The van der Waals surface area contributed by atoms with Crippen LogP contribution >= 0.6 is 0 Å². The summed E-state index contributed by atoms with van der Waals surface area (Å²) >= 11 is 0. The highest BCUT2D eigenvalue weighted by Crippen LogP contribution is 2.20. The fraction of sp³-hybridized carbons (Fsp3) is 0.235. The molecule has 0 aliphatic rings. The van der Waals surface area contributed by atoms with Crippen LogP contribution in [-0.2, 0) is 6.54 Å². The topological polar surface area (TPSA) is 75.3 Å². The normalized spacial score (nSPS) is 12.0. The number of phenolic OH excluding ortho intramolecular Hbond substituents is 1. The van der Waals surface area contributed by atoms with Gasteiger partial charge in [0.15, 0.2) is 0 Å². The van der Waals surface area contributed by atoms with Crippen molar-refractivity contribution in [3.8, 4) is 5.75 Å². The summed E-state index contributed by atoms with van der Waals surface area (Å²) in [5, 5.41) is 12.7. The van der Waals surface area contributed by atoms with E-state index < -0.39 is 0 Å². The summed E-state index contributed by atoms with van der Waals surface area (Å²) < 4.78 is 0. The molecule has 21 heavy (non-hydrogen) atoms. The molecule has 0 heterocycles. The lowest BCUT2D eigenvalue weighted by atomic mass is 10.0. The first-order chi connectivity index (χ1) is 10.0. The maximum atomic E-state index is 12.2. The highest BCUT2D eigenvalue weighted by atomic mass is 16.3. The number of amides is 1. The number of hydrogen-bond acceptors (Lipinski definition) is 3. The maximum Gasteiger partial charge on any atom is 0.255 e. The Morgan fingerprint density at radius 3 is 2.52 bits per heavy atom. The highest BCUT2D eigenvalue weighted by Gasteiger charge is 2.14. The monoisotopic (exact) mass is 284 g/mol. The second-order valence-corrected chi connectivity index (χ2v) is 5.16. The first kappa shape index (κ1) is 15.1. The van der Waals surface area contributed by atoms with Crippen molar-refractivity contribution >= 4 is 5.91 Å². The number of aryl methyl sites for hydroxylation is 1. The Labute approximate surface area is 124 Å². The van der Waals surface area contributed by atoms with Gasteiger partial charge in [-0.25, -0.2) is 0 Å². The third kappa shape index (κ3) is 3.61. The second-order valence-electron chi connectivity index (χ2n) is 5.16. The second kappa shape index (κ2) is 6.41. The van der Waals surface area contributed by atoms with Crippen molar-refractivity contribution in [3.63, 3.8) is 0 Å². The van der Waals surface area contributed by atoms with Crippen LogP contribution < -0.4 is 11.1 Å². The molecule has 1 atom stereocenters. The van der Waals surface area contributed by atoms with Crippen LogP contribution in [-0.4, -0.2) is 11.0 Å². The van der Waals surface area contributed by atoms with Gasteiger partial charge in [0.2, 0.25) is 0 Å². The van der Waals surface area contributed by atoms with Crippen molar-refractivity contribution in [2.45, 2.75) is 26.4 Å². The molecule has 1 unspecified atom stereocenters. The Kier molecular flexibility index (Phi) is 4.60. The largest absolute Gasteiger partial charge is 0.507 e. The van der Waals surface area contributed by atoms with Crippen LogP contribution in [0.2, 0.25) is 0 Å². The number of rotatable bonds is 4. The number of nitrogens with two attached hydrogens (primary N) is 1. The van der Waals surface area contributed by atoms with Gasteiger partial charge in [-0.15, -0.1) is 0 Å². The molecule has 2 aromatic rings.